The number of rotatable bonds is 4. The second-order valence-corrected chi connectivity index (χ2v) is 6.42. The predicted molar refractivity (Wildman–Crippen MR) is 94.2 cm³/mol. The molecule has 0 atom stereocenters. The lowest BCUT2D eigenvalue weighted by Crippen LogP contribution is -2.32. The number of hydrogen-bond donors (Lipinski definition) is 3. The van der Waals surface area contributed by atoms with Crippen LogP contribution < -0.4 is 5.73 Å². The summed E-state index contributed by atoms with van der Waals surface area (Å²) >= 11 is 0. The Balaban J connectivity index is 1.63. The number of aliphatic carboxylic acids is 1. The predicted octanol–water partition coefficient (Wildman–Crippen LogP) is 2.33. The van der Waals surface area contributed by atoms with Gasteiger partial charge in [0.1, 0.15) is 5.75 Å². The van der Waals surface area contributed by atoms with Crippen LogP contribution >= 0.6 is 0 Å². The number of nitrogens with two attached hydrogens (primary N) is 1. The van der Waals surface area contributed by atoms with Crippen molar-refractivity contribution in [3.8, 4) is 28.1 Å². The number of nitrogen functional groups attached to an aromatic ring is 1. The van der Waals surface area contributed by atoms with Gasteiger partial charge in [0.2, 0.25) is 0 Å². The number of nitrogens with zero attached hydrogens (tertiary/aromatic N) is 4. The Morgan fingerprint density at radius 3 is 2.69 bits per heavy atom. The highest BCUT2D eigenvalue weighted by molar-refractivity contribution is 5.78. The molecule has 0 bridgehead atoms. The van der Waals surface area contributed by atoms with Gasteiger partial charge in [0.15, 0.2) is 5.82 Å². The third kappa shape index (κ3) is 2.75. The molecule has 1 aliphatic rings. The molecule has 3 aromatic rings. The minimum Gasteiger partial charge on any atom is -0.507 e. The van der Waals surface area contributed by atoms with Crippen LogP contribution in [0, 0.1) is 5.92 Å². The van der Waals surface area contributed by atoms with Crippen molar-refractivity contribution in [3.63, 3.8) is 0 Å². The third-order valence-electron chi connectivity index (χ3n) is 4.75. The van der Waals surface area contributed by atoms with Crippen LogP contribution in [0.1, 0.15) is 18.9 Å². The van der Waals surface area contributed by atoms with Crippen LogP contribution in [0.3, 0.4) is 0 Å². The van der Waals surface area contributed by atoms with Crippen molar-refractivity contribution in [1.29, 1.82) is 0 Å². The SMILES string of the molecule is Nc1nnc(-c2ccccc2O)cc1-c1cnn(C2CC(C(=O)O)C2)c1. The lowest BCUT2D eigenvalue weighted by molar-refractivity contribution is -0.146. The standard InChI is InChI=1S/C18H17N5O3/c19-17-14(7-15(21-22-17)13-3-1-2-4-16(13)24)11-8-20-23(9-11)12-5-10(6-12)18(25)26/h1-4,7-10,12,24H,5-6H2,(H2,19,22)(H,25,26). The summed E-state index contributed by atoms with van der Waals surface area (Å²) in [5.74, 6) is -0.681. The lowest BCUT2D eigenvalue weighted by atomic mass is 9.80. The monoisotopic (exact) mass is 351 g/mol. The molecular weight excluding hydrogens is 334 g/mol. The number of aromatic hydroxyl groups is 1. The van der Waals surface area contributed by atoms with E-state index < -0.39 is 5.97 Å². The topological polar surface area (TPSA) is 127 Å². The Bertz CT molecular complexity index is 978. The first kappa shape index (κ1) is 16.1. The third-order valence-corrected chi connectivity index (χ3v) is 4.75. The molecule has 1 saturated carbocycles. The molecule has 26 heavy (non-hydrogen) atoms. The van der Waals surface area contributed by atoms with Gasteiger partial charge in [-0.1, -0.05) is 12.1 Å². The average Bonchev–Trinajstić information content (AvgIpc) is 3.03. The highest BCUT2D eigenvalue weighted by Gasteiger charge is 2.36. The van der Waals surface area contributed by atoms with Crippen molar-refractivity contribution < 1.29 is 15.0 Å². The van der Waals surface area contributed by atoms with E-state index in [0.29, 0.717) is 29.7 Å². The Hall–Kier alpha value is -3.42. The molecule has 4 rings (SSSR count). The summed E-state index contributed by atoms with van der Waals surface area (Å²) in [7, 11) is 0. The summed E-state index contributed by atoms with van der Waals surface area (Å²) in [6.45, 7) is 0. The number of carboxylic acids is 1. The normalized spacial score (nSPS) is 19.1. The molecule has 2 heterocycles. The Kier molecular flexibility index (Phi) is 3.80. The van der Waals surface area contributed by atoms with Crippen molar-refractivity contribution in [1.82, 2.24) is 20.0 Å². The smallest absolute Gasteiger partial charge is 0.306 e. The van der Waals surface area contributed by atoms with Crippen LogP contribution in [-0.2, 0) is 4.79 Å². The molecule has 2 aromatic heterocycles. The van der Waals surface area contributed by atoms with Gasteiger partial charge in [0.25, 0.3) is 0 Å². The molecular formula is C18H17N5O3. The molecule has 0 saturated heterocycles. The van der Waals surface area contributed by atoms with E-state index in [2.05, 4.69) is 15.3 Å². The largest absolute Gasteiger partial charge is 0.507 e. The van der Waals surface area contributed by atoms with E-state index in [1.54, 1.807) is 41.2 Å². The number of para-hydroxylation sites is 1. The second-order valence-electron chi connectivity index (χ2n) is 6.42. The van der Waals surface area contributed by atoms with Gasteiger partial charge in [-0.05, 0) is 31.0 Å². The molecule has 0 spiro atoms. The molecule has 0 radical (unpaired) electrons. The summed E-state index contributed by atoms with van der Waals surface area (Å²) in [5, 5.41) is 31.4. The summed E-state index contributed by atoms with van der Waals surface area (Å²) < 4.78 is 1.77. The van der Waals surface area contributed by atoms with Gasteiger partial charge in [-0.25, -0.2) is 0 Å². The number of hydrogen-bond acceptors (Lipinski definition) is 6. The fourth-order valence-corrected chi connectivity index (χ4v) is 3.14. The van der Waals surface area contributed by atoms with Crippen molar-refractivity contribution in [2.24, 2.45) is 5.92 Å². The van der Waals surface area contributed by atoms with Gasteiger partial charge in [-0.15, -0.1) is 10.2 Å². The fraction of sp³-hybridized carbons (Fsp3) is 0.222. The van der Waals surface area contributed by atoms with Crippen LogP contribution in [0.2, 0.25) is 0 Å². The van der Waals surface area contributed by atoms with Crippen molar-refractivity contribution in [2.75, 3.05) is 5.73 Å². The molecule has 1 fully saturated rings. The first-order valence-electron chi connectivity index (χ1n) is 8.22. The molecule has 1 aromatic carbocycles. The highest BCUT2D eigenvalue weighted by Crippen LogP contribution is 2.38. The van der Waals surface area contributed by atoms with Crippen LogP contribution in [-0.4, -0.2) is 36.2 Å². The minimum absolute atomic E-state index is 0.0820. The number of anilines is 1. The number of aromatic nitrogens is 4. The maximum atomic E-state index is 10.9. The molecule has 8 nitrogen and oxygen atoms in total. The number of phenols is 1. The van der Waals surface area contributed by atoms with Gasteiger partial charge in [0.05, 0.1) is 23.9 Å². The molecule has 1 aliphatic carbocycles. The first-order chi connectivity index (χ1) is 12.5. The first-order valence-corrected chi connectivity index (χ1v) is 8.22. The molecule has 0 unspecified atom stereocenters. The van der Waals surface area contributed by atoms with Gasteiger partial charge >= 0.3 is 5.97 Å². The molecule has 0 amide bonds. The highest BCUT2D eigenvalue weighted by atomic mass is 16.4. The fourth-order valence-electron chi connectivity index (χ4n) is 3.14. The summed E-state index contributed by atoms with van der Waals surface area (Å²) in [6, 6.07) is 8.72. The Morgan fingerprint density at radius 1 is 1.19 bits per heavy atom. The quantitative estimate of drug-likeness (QED) is 0.658. The summed E-state index contributed by atoms with van der Waals surface area (Å²) in [6.07, 6.45) is 4.66. The van der Waals surface area contributed by atoms with Crippen molar-refractivity contribution in [3.05, 3.63) is 42.7 Å². The van der Waals surface area contributed by atoms with E-state index in [0.717, 1.165) is 5.56 Å². The maximum Gasteiger partial charge on any atom is 0.306 e. The van der Waals surface area contributed by atoms with Crippen molar-refractivity contribution in [2.45, 2.75) is 18.9 Å². The number of benzene rings is 1. The van der Waals surface area contributed by atoms with E-state index in [4.69, 9.17) is 10.8 Å². The van der Waals surface area contributed by atoms with Gasteiger partial charge in [0, 0.05) is 22.9 Å². The van der Waals surface area contributed by atoms with Crippen LogP contribution in [0.25, 0.3) is 22.4 Å². The number of carboxylic acid groups (broad SMARTS) is 1. The molecule has 4 N–H and O–H groups in total. The average molecular weight is 351 g/mol. The summed E-state index contributed by atoms with van der Waals surface area (Å²) in [4.78, 5) is 10.9. The zero-order valence-electron chi connectivity index (χ0n) is 13.8. The van der Waals surface area contributed by atoms with Crippen LogP contribution in [0.15, 0.2) is 42.7 Å². The zero-order chi connectivity index (χ0) is 18.3. The van der Waals surface area contributed by atoms with Crippen LogP contribution in [0.5, 0.6) is 5.75 Å². The van der Waals surface area contributed by atoms with E-state index in [1.165, 1.54) is 0 Å². The van der Waals surface area contributed by atoms with Crippen molar-refractivity contribution >= 4 is 11.8 Å². The number of carbonyl (C=O) groups is 1. The van der Waals surface area contributed by atoms with Gasteiger partial charge in [-0.3, -0.25) is 9.48 Å². The lowest BCUT2D eigenvalue weighted by Gasteiger charge is -2.32. The van der Waals surface area contributed by atoms with E-state index in [-0.39, 0.29) is 23.5 Å². The van der Waals surface area contributed by atoms with E-state index >= 15 is 0 Å². The van der Waals surface area contributed by atoms with Gasteiger partial charge < -0.3 is 15.9 Å². The summed E-state index contributed by atoms with van der Waals surface area (Å²) in [5.41, 5.74) is 8.49. The van der Waals surface area contributed by atoms with E-state index in [1.807, 2.05) is 6.20 Å². The van der Waals surface area contributed by atoms with E-state index in [9.17, 15) is 9.90 Å². The minimum atomic E-state index is -0.761. The molecule has 8 heteroatoms. The Labute approximate surface area is 148 Å². The number of phenolic OH excluding ortho intramolecular Hbond substituents is 1. The molecule has 132 valence electrons. The zero-order valence-corrected chi connectivity index (χ0v) is 13.8. The molecule has 0 aliphatic heterocycles. The second kappa shape index (κ2) is 6.14. The maximum absolute atomic E-state index is 10.9. The Morgan fingerprint density at radius 2 is 1.96 bits per heavy atom. The van der Waals surface area contributed by atoms with Crippen LogP contribution in [0.4, 0.5) is 5.82 Å². The van der Waals surface area contributed by atoms with Gasteiger partial charge in [-0.2, -0.15) is 5.10 Å².